The molecule has 4 rings (SSSR count). The molecular weight excluding hydrogens is 476 g/mol. The molecule has 0 fully saturated rings. The van der Waals surface area contributed by atoms with Crippen molar-refractivity contribution in [3.63, 3.8) is 0 Å². The van der Waals surface area contributed by atoms with Crippen molar-refractivity contribution in [3.05, 3.63) is 95.0 Å². The maximum Gasteiger partial charge on any atom is 0.416 e. The molecule has 36 heavy (non-hydrogen) atoms. The Morgan fingerprint density at radius 2 is 1.75 bits per heavy atom. The predicted octanol–water partition coefficient (Wildman–Crippen LogP) is 5.74. The van der Waals surface area contributed by atoms with E-state index in [0.717, 1.165) is 29.2 Å². The van der Waals surface area contributed by atoms with Crippen LogP contribution in [0.1, 0.15) is 33.0 Å². The SMILES string of the molecule is CNc1ccc(F)c(CCc2cc(Nc3cnc(C)nc3)n[nH]2)c1.O=Cc1cccc(C(F)(F)F)c1. The highest BCUT2D eigenvalue weighted by atomic mass is 19.4. The Bertz CT molecular complexity index is 1290. The Morgan fingerprint density at radius 3 is 2.42 bits per heavy atom. The molecule has 2 aromatic heterocycles. The van der Waals surface area contributed by atoms with Crippen LogP contribution >= 0.6 is 0 Å². The summed E-state index contributed by atoms with van der Waals surface area (Å²) in [6, 6.07) is 11.2. The fraction of sp³-hybridized carbons (Fsp3) is 0.200. The third-order valence-corrected chi connectivity index (χ3v) is 5.03. The molecule has 0 unspecified atom stereocenters. The molecular formula is C25H24F4N6O. The number of carbonyl (C=O) groups is 1. The van der Waals surface area contributed by atoms with Crippen LogP contribution in [0.25, 0.3) is 0 Å². The first-order chi connectivity index (χ1) is 17.2. The largest absolute Gasteiger partial charge is 0.416 e. The number of nitrogens with zero attached hydrogens (tertiary/aromatic N) is 3. The molecule has 0 saturated carbocycles. The number of aryl methyl sites for hydroxylation is 3. The first-order valence-electron chi connectivity index (χ1n) is 10.9. The molecule has 2 aromatic carbocycles. The van der Waals surface area contributed by atoms with Gasteiger partial charge < -0.3 is 10.6 Å². The maximum atomic E-state index is 13.9. The van der Waals surface area contributed by atoms with E-state index in [4.69, 9.17) is 0 Å². The summed E-state index contributed by atoms with van der Waals surface area (Å²) in [7, 11) is 1.82. The first kappa shape index (κ1) is 26.3. The molecule has 3 N–H and O–H groups in total. The van der Waals surface area contributed by atoms with Crippen LogP contribution in [0, 0.1) is 12.7 Å². The highest BCUT2D eigenvalue weighted by Gasteiger charge is 2.30. The zero-order valence-corrected chi connectivity index (χ0v) is 19.5. The second-order valence-electron chi connectivity index (χ2n) is 7.72. The lowest BCUT2D eigenvalue weighted by atomic mass is 10.1. The summed E-state index contributed by atoms with van der Waals surface area (Å²) >= 11 is 0. The summed E-state index contributed by atoms with van der Waals surface area (Å²) in [4.78, 5) is 18.4. The molecule has 0 saturated heterocycles. The molecule has 188 valence electrons. The molecule has 0 atom stereocenters. The lowest BCUT2D eigenvalue weighted by Crippen LogP contribution is -2.04. The van der Waals surface area contributed by atoms with Gasteiger partial charge in [0.05, 0.1) is 23.6 Å². The number of hydrogen-bond donors (Lipinski definition) is 3. The Kier molecular flexibility index (Phi) is 8.71. The van der Waals surface area contributed by atoms with Crippen LogP contribution in [0.3, 0.4) is 0 Å². The van der Waals surface area contributed by atoms with Gasteiger partial charge in [-0.3, -0.25) is 9.89 Å². The van der Waals surface area contributed by atoms with Crippen molar-refractivity contribution < 1.29 is 22.4 Å². The summed E-state index contributed by atoms with van der Waals surface area (Å²) in [6.07, 6.45) is 0.679. The summed E-state index contributed by atoms with van der Waals surface area (Å²) in [6.45, 7) is 1.83. The van der Waals surface area contributed by atoms with E-state index in [-0.39, 0.29) is 11.4 Å². The third kappa shape index (κ3) is 7.62. The Morgan fingerprint density at radius 1 is 1.00 bits per heavy atom. The van der Waals surface area contributed by atoms with Gasteiger partial charge in [0.15, 0.2) is 5.82 Å². The lowest BCUT2D eigenvalue weighted by molar-refractivity contribution is -0.137. The molecule has 0 aliphatic rings. The van der Waals surface area contributed by atoms with Crippen LogP contribution in [0.2, 0.25) is 0 Å². The quantitative estimate of drug-likeness (QED) is 0.221. The van der Waals surface area contributed by atoms with Gasteiger partial charge in [0, 0.05) is 30.1 Å². The van der Waals surface area contributed by atoms with Gasteiger partial charge in [-0.25, -0.2) is 14.4 Å². The molecule has 0 aliphatic carbocycles. The number of aldehydes is 1. The summed E-state index contributed by atoms with van der Waals surface area (Å²) in [5.74, 6) is 1.21. The van der Waals surface area contributed by atoms with E-state index in [9.17, 15) is 22.4 Å². The van der Waals surface area contributed by atoms with Crippen LogP contribution in [0.4, 0.5) is 34.8 Å². The van der Waals surface area contributed by atoms with Gasteiger partial charge in [0.25, 0.3) is 0 Å². The van der Waals surface area contributed by atoms with E-state index in [0.29, 0.717) is 36.3 Å². The number of aromatic nitrogens is 4. The van der Waals surface area contributed by atoms with Crippen molar-refractivity contribution in [2.24, 2.45) is 0 Å². The van der Waals surface area contributed by atoms with Crippen LogP contribution in [-0.4, -0.2) is 33.5 Å². The van der Waals surface area contributed by atoms with Crippen LogP contribution in [-0.2, 0) is 19.0 Å². The minimum Gasteiger partial charge on any atom is -0.388 e. The normalized spacial score (nSPS) is 10.8. The number of carbonyl (C=O) groups excluding carboxylic acids is 1. The molecule has 0 aliphatic heterocycles. The fourth-order valence-electron chi connectivity index (χ4n) is 3.14. The number of anilines is 3. The van der Waals surface area contributed by atoms with Gasteiger partial charge in [-0.1, -0.05) is 12.1 Å². The van der Waals surface area contributed by atoms with Gasteiger partial charge in [-0.15, -0.1) is 0 Å². The Balaban J connectivity index is 0.000000253. The summed E-state index contributed by atoms with van der Waals surface area (Å²) < 4.78 is 49.8. The number of hydrogen-bond acceptors (Lipinski definition) is 6. The van der Waals surface area contributed by atoms with Crippen molar-refractivity contribution in [1.29, 1.82) is 0 Å². The Hall–Kier alpha value is -4.28. The number of halogens is 4. The molecule has 4 aromatic rings. The molecule has 0 radical (unpaired) electrons. The summed E-state index contributed by atoms with van der Waals surface area (Å²) in [5, 5.41) is 13.3. The highest BCUT2D eigenvalue weighted by molar-refractivity contribution is 5.75. The van der Waals surface area contributed by atoms with Gasteiger partial charge in [0.1, 0.15) is 17.9 Å². The van der Waals surface area contributed by atoms with Crippen molar-refractivity contribution in [2.45, 2.75) is 25.9 Å². The van der Waals surface area contributed by atoms with E-state index >= 15 is 0 Å². The van der Waals surface area contributed by atoms with E-state index in [2.05, 4.69) is 30.8 Å². The van der Waals surface area contributed by atoms with Gasteiger partial charge in [-0.05, 0) is 55.7 Å². The number of alkyl halides is 3. The molecule has 7 nitrogen and oxygen atoms in total. The number of H-pyrrole nitrogens is 1. The van der Waals surface area contributed by atoms with E-state index < -0.39 is 11.7 Å². The second kappa shape index (κ2) is 11.9. The molecule has 11 heteroatoms. The van der Waals surface area contributed by atoms with Crippen LogP contribution < -0.4 is 10.6 Å². The number of aromatic amines is 1. The fourth-order valence-corrected chi connectivity index (χ4v) is 3.14. The van der Waals surface area contributed by atoms with Crippen molar-refractivity contribution in [1.82, 2.24) is 20.2 Å². The number of benzene rings is 2. The second-order valence-corrected chi connectivity index (χ2v) is 7.72. The van der Waals surface area contributed by atoms with Crippen molar-refractivity contribution in [2.75, 3.05) is 17.7 Å². The summed E-state index contributed by atoms with van der Waals surface area (Å²) in [5.41, 5.74) is 2.51. The van der Waals surface area contributed by atoms with E-state index in [1.807, 2.05) is 26.1 Å². The van der Waals surface area contributed by atoms with Gasteiger partial charge in [0.2, 0.25) is 0 Å². The third-order valence-electron chi connectivity index (χ3n) is 5.03. The molecule has 0 amide bonds. The number of rotatable bonds is 7. The van der Waals surface area contributed by atoms with E-state index in [1.54, 1.807) is 18.5 Å². The Labute approximate surface area is 205 Å². The zero-order valence-electron chi connectivity index (χ0n) is 19.5. The minimum atomic E-state index is -4.38. The zero-order chi connectivity index (χ0) is 26.1. The minimum absolute atomic E-state index is 0.0322. The average molecular weight is 501 g/mol. The van der Waals surface area contributed by atoms with E-state index in [1.165, 1.54) is 18.2 Å². The molecule has 0 bridgehead atoms. The van der Waals surface area contributed by atoms with Crippen LogP contribution in [0.5, 0.6) is 0 Å². The standard InChI is InChI=1S/C17H19FN6.C8H5F3O/c1-11-20-9-15(10-21-11)22-17-8-14(23-24-17)4-3-12-7-13(19-2)5-6-16(12)18;9-8(10,11)7-3-1-2-6(4-7)5-12/h5-10,19H,3-4H2,1-2H3,(H2,22,23,24);1-5H. The highest BCUT2D eigenvalue weighted by Crippen LogP contribution is 2.29. The maximum absolute atomic E-state index is 13.9. The van der Waals surface area contributed by atoms with Gasteiger partial charge in [-0.2, -0.15) is 18.3 Å². The topological polar surface area (TPSA) is 95.6 Å². The lowest BCUT2D eigenvalue weighted by Gasteiger charge is -2.05. The van der Waals surface area contributed by atoms with Gasteiger partial charge >= 0.3 is 6.18 Å². The first-order valence-corrected chi connectivity index (χ1v) is 10.9. The number of nitrogens with one attached hydrogen (secondary N) is 3. The van der Waals surface area contributed by atoms with Crippen molar-refractivity contribution >= 4 is 23.5 Å². The van der Waals surface area contributed by atoms with Crippen LogP contribution in [0.15, 0.2) is 60.9 Å². The molecule has 0 spiro atoms. The van der Waals surface area contributed by atoms with Crippen molar-refractivity contribution in [3.8, 4) is 0 Å². The molecule has 2 heterocycles. The smallest absolute Gasteiger partial charge is 0.388 e. The monoisotopic (exact) mass is 500 g/mol. The predicted molar refractivity (Wildman–Crippen MR) is 129 cm³/mol. The average Bonchev–Trinajstić information content (AvgIpc) is 3.32.